The molecule has 0 heterocycles. The van der Waals surface area contributed by atoms with Crippen LogP contribution in [0.1, 0.15) is 59.8 Å². The second-order valence-electron chi connectivity index (χ2n) is 7.14. The summed E-state index contributed by atoms with van der Waals surface area (Å²) in [7, 11) is 0. The van der Waals surface area contributed by atoms with Gasteiger partial charge >= 0.3 is 0 Å². The van der Waals surface area contributed by atoms with Gasteiger partial charge in [0.15, 0.2) is 0 Å². The fourth-order valence-corrected chi connectivity index (χ4v) is 2.26. The molecule has 0 aliphatic heterocycles. The van der Waals surface area contributed by atoms with E-state index in [4.69, 9.17) is 18.9 Å². The van der Waals surface area contributed by atoms with E-state index in [9.17, 15) is 4.79 Å². The summed E-state index contributed by atoms with van der Waals surface area (Å²) in [6.07, 6.45) is 6.27. The van der Waals surface area contributed by atoms with Crippen molar-refractivity contribution in [2.75, 3.05) is 52.8 Å². The Morgan fingerprint density at radius 1 is 0.769 bits per heavy atom. The van der Waals surface area contributed by atoms with Gasteiger partial charge in [-0.15, -0.1) is 0 Å². The van der Waals surface area contributed by atoms with Crippen molar-refractivity contribution in [2.45, 2.75) is 65.9 Å². The van der Waals surface area contributed by atoms with Gasteiger partial charge in [0.1, 0.15) is 6.61 Å². The minimum Gasteiger partial charge on any atom is -0.377 e. The summed E-state index contributed by atoms with van der Waals surface area (Å²) < 4.78 is 21.4. The highest BCUT2D eigenvalue weighted by molar-refractivity contribution is 5.77. The molecule has 0 fully saturated rings. The first kappa shape index (κ1) is 25.3. The number of hydrogen-bond donors (Lipinski definition) is 1. The van der Waals surface area contributed by atoms with E-state index in [-0.39, 0.29) is 18.6 Å². The van der Waals surface area contributed by atoms with Gasteiger partial charge in [-0.3, -0.25) is 4.79 Å². The highest BCUT2D eigenvalue weighted by Gasteiger charge is 2.01. The van der Waals surface area contributed by atoms with E-state index in [1.54, 1.807) is 0 Å². The lowest BCUT2D eigenvalue weighted by molar-refractivity contribution is -0.126. The van der Waals surface area contributed by atoms with Gasteiger partial charge in [-0.1, -0.05) is 39.5 Å². The number of hydrogen-bond acceptors (Lipinski definition) is 5. The zero-order valence-corrected chi connectivity index (χ0v) is 17.4. The molecule has 0 rings (SSSR count). The van der Waals surface area contributed by atoms with Crippen LogP contribution in [-0.4, -0.2) is 64.8 Å². The lowest BCUT2D eigenvalue weighted by atomic mass is 10.0. The highest BCUT2D eigenvalue weighted by Crippen LogP contribution is 2.08. The Kier molecular flexibility index (Phi) is 18.6. The summed E-state index contributed by atoms with van der Waals surface area (Å²) >= 11 is 0. The molecule has 6 nitrogen and oxygen atoms in total. The maximum absolute atomic E-state index is 11.6. The van der Waals surface area contributed by atoms with Crippen molar-refractivity contribution in [2.24, 2.45) is 5.92 Å². The Morgan fingerprint density at radius 3 is 1.96 bits per heavy atom. The van der Waals surface area contributed by atoms with Gasteiger partial charge in [-0.2, -0.15) is 0 Å². The Balaban J connectivity index is 3.17. The first-order valence-electron chi connectivity index (χ1n) is 10.1. The SMILES string of the molecule is CC(C)CCCCCCNC(=O)COCCOCCOCCOC(C)C. The van der Waals surface area contributed by atoms with Gasteiger partial charge in [0.05, 0.1) is 45.7 Å². The van der Waals surface area contributed by atoms with Crippen molar-refractivity contribution >= 4 is 5.91 Å². The van der Waals surface area contributed by atoms with E-state index >= 15 is 0 Å². The van der Waals surface area contributed by atoms with Crippen molar-refractivity contribution in [3.05, 3.63) is 0 Å². The van der Waals surface area contributed by atoms with Crippen LogP contribution in [0.5, 0.6) is 0 Å². The lowest BCUT2D eigenvalue weighted by Crippen LogP contribution is -2.29. The molecular formula is C20H41NO5. The van der Waals surface area contributed by atoms with E-state index in [0.29, 0.717) is 39.6 Å². The summed E-state index contributed by atoms with van der Waals surface area (Å²) in [4.78, 5) is 11.6. The standard InChI is InChI=1S/C20H41NO5/c1-18(2)9-7-5-6-8-10-21-20(22)17-25-14-13-23-11-12-24-15-16-26-19(3)4/h18-19H,5-17H2,1-4H3,(H,21,22). The van der Waals surface area contributed by atoms with E-state index in [2.05, 4.69) is 19.2 Å². The molecule has 0 saturated heterocycles. The molecule has 0 aliphatic carbocycles. The Labute approximate surface area is 160 Å². The normalized spacial score (nSPS) is 11.5. The third kappa shape index (κ3) is 21.4. The maximum atomic E-state index is 11.6. The number of carbonyl (C=O) groups is 1. The number of unbranched alkanes of at least 4 members (excludes halogenated alkanes) is 3. The topological polar surface area (TPSA) is 66.0 Å². The minimum absolute atomic E-state index is 0.0549. The second kappa shape index (κ2) is 19.1. The van der Waals surface area contributed by atoms with Crippen LogP contribution in [0.25, 0.3) is 0 Å². The van der Waals surface area contributed by atoms with Gasteiger partial charge < -0.3 is 24.3 Å². The van der Waals surface area contributed by atoms with Crippen LogP contribution >= 0.6 is 0 Å². The summed E-state index contributed by atoms with van der Waals surface area (Å²) in [5, 5.41) is 2.88. The van der Waals surface area contributed by atoms with Crippen LogP contribution in [0.2, 0.25) is 0 Å². The van der Waals surface area contributed by atoms with E-state index in [1.165, 1.54) is 25.7 Å². The van der Waals surface area contributed by atoms with Crippen molar-refractivity contribution in [3.63, 3.8) is 0 Å². The number of ether oxygens (including phenoxy) is 4. The molecule has 0 aromatic carbocycles. The first-order valence-corrected chi connectivity index (χ1v) is 10.1. The lowest BCUT2D eigenvalue weighted by Gasteiger charge is -2.09. The van der Waals surface area contributed by atoms with Crippen LogP contribution < -0.4 is 5.32 Å². The second-order valence-corrected chi connectivity index (χ2v) is 7.14. The van der Waals surface area contributed by atoms with E-state index < -0.39 is 0 Å². The molecule has 0 unspecified atom stereocenters. The van der Waals surface area contributed by atoms with Crippen molar-refractivity contribution in [3.8, 4) is 0 Å². The third-order valence-electron chi connectivity index (χ3n) is 3.69. The number of carbonyl (C=O) groups excluding carboxylic acids is 1. The molecule has 1 amide bonds. The van der Waals surface area contributed by atoms with Gasteiger partial charge in [0.2, 0.25) is 5.91 Å². The summed E-state index contributed by atoms with van der Waals surface area (Å²) in [5.41, 5.74) is 0. The van der Waals surface area contributed by atoms with Crippen LogP contribution in [0.4, 0.5) is 0 Å². The molecule has 0 radical (unpaired) electrons. The van der Waals surface area contributed by atoms with Crippen LogP contribution in [0.3, 0.4) is 0 Å². The molecule has 0 aliphatic rings. The van der Waals surface area contributed by atoms with Crippen molar-refractivity contribution in [1.29, 1.82) is 0 Å². The van der Waals surface area contributed by atoms with Crippen molar-refractivity contribution in [1.82, 2.24) is 5.32 Å². The van der Waals surface area contributed by atoms with Crippen LogP contribution in [0, 0.1) is 5.92 Å². The Morgan fingerprint density at radius 2 is 1.35 bits per heavy atom. The summed E-state index contributed by atoms with van der Waals surface area (Å²) in [6, 6.07) is 0. The zero-order chi connectivity index (χ0) is 19.5. The smallest absolute Gasteiger partial charge is 0.245 e. The molecule has 0 aromatic heterocycles. The summed E-state index contributed by atoms with van der Waals surface area (Å²) in [5.74, 6) is 0.730. The molecule has 26 heavy (non-hydrogen) atoms. The van der Waals surface area contributed by atoms with Gasteiger partial charge in [-0.25, -0.2) is 0 Å². The predicted molar refractivity (Wildman–Crippen MR) is 104 cm³/mol. The minimum atomic E-state index is -0.0549. The predicted octanol–water partition coefficient (Wildman–Crippen LogP) is 3.18. The quantitative estimate of drug-likeness (QED) is 0.351. The fraction of sp³-hybridized carbons (Fsp3) is 0.950. The molecule has 156 valence electrons. The average molecular weight is 376 g/mol. The molecular weight excluding hydrogens is 334 g/mol. The van der Waals surface area contributed by atoms with Crippen LogP contribution in [0.15, 0.2) is 0 Å². The molecule has 0 atom stereocenters. The molecule has 6 heteroatoms. The molecule has 0 spiro atoms. The Bertz CT molecular complexity index is 311. The van der Waals surface area contributed by atoms with Crippen LogP contribution in [-0.2, 0) is 23.7 Å². The largest absolute Gasteiger partial charge is 0.377 e. The van der Waals surface area contributed by atoms with Gasteiger partial charge in [0.25, 0.3) is 0 Å². The molecule has 1 N–H and O–H groups in total. The first-order chi connectivity index (χ1) is 12.5. The highest BCUT2D eigenvalue weighted by atomic mass is 16.6. The van der Waals surface area contributed by atoms with E-state index in [1.807, 2.05) is 13.8 Å². The average Bonchev–Trinajstić information content (AvgIpc) is 2.58. The monoisotopic (exact) mass is 375 g/mol. The molecule has 0 aromatic rings. The number of amides is 1. The third-order valence-corrected chi connectivity index (χ3v) is 3.69. The summed E-state index contributed by atoms with van der Waals surface area (Å²) in [6.45, 7) is 12.5. The maximum Gasteiger partial charge on any atom is 0.245 e. The fourth-order valence-electron chi connectivity index (χ4n) is 2.26. The number of nitrogens with one attached hydrogen (secondary N) is 1. The van der Waals surface area contributed by atoms with Gasteiger partial charge in [0, 0.05) is 6.54 Å². The number of rotatable bonds is 19. The molecule has 0 bridgehead atoms. The van der Waals surface area contributed by atoms with Gasteiger partial charge in [-0.05, 0) is 26.2 Å². The molecule has 0 saturated carbocycles. The Hall–Kier alpha value is -0.690. The van der Waals surface area contributed by atoms with E-state index in [0.717, 1.165) is 18.9 Å². The zero-order valence-electron chi connectivity index (χ0n) is 17.4. The van der Waals surface area contributed by atoms with Crippen molar-refractivity contribution < 1.29 is 23.7 Å².